The Balaban J connectivity index is 1.92. The van der Waals surface area contributed by atoms with Gasteiger partial charge in [0.1, 0.15) is 12.3 Å². The van der Waals surface area contributed by atoms with Crippen molar-refractivity contribution in [3.05, 3.63) is 83.9 Å². The fourth-order valence-electron chi connectivity index (χ4n) is 3.34. The molecular weight excluding hydrogens is 436 g/mol. The fourth-order valence-corrected chi connectivity index (χ4v) is 4.76. The number of amides is 1. The second-order valence-corrected chi connectivity index (χ2v) is 9.94. The van der Waals surface area contributed by atoms with Gasteiger partial charge < -0.3 is 10.1 Å². The number of rotatable bonds is 9. The van der Waals surface area contributed by atoms with E-state index in [-0.39, 0.29) is 11.4 Å². The molecule has 0 aromatic heterocycles. The number of benzene rings is 3. The summed E-state index contributed by atoms with van der Waals surface area (Å²) in [5.41, 5.74) is 3.00. The van der Waals surface area contributed by atoms with Crippen LogP contribution in [0.4, 0.5) is 11.4 Å². The third-order valence-corrected chi connectivity index (χ3v) is 6.96. The third kappa shape index (κ3) is 6.14. The number of ether oxygens (including phenoxy) is 1. The van der Waals surface area contributed by atoms with Crippen LogP contribution in [0.5, 0.6) is 5.75 Å². The predicted octanol–water partition coefficient (Wildman–Crippen LogP) is 5.35. The van der Waals surface area contributed by atoms with Crippen molar-refractivity contribution in [3.8, 4) is 5.75 Å². The van der Waals surface area contributed by atoms with Crippen LogP contribution in [0.3, 0.4) is 0 Å². The number of nitrogens with one attached hydrogen (secondary N) is 1. The summed E-state index contributed by atoms with van der Waals surface area (Å²) < 4.78 is 33.6. The molecule has 0 aliphatic carbocycles. The van der Waals surface area contributed by atoms with Crippen LogP contribution in [0.1, 0.15) is 37.8 Å². The monoisotopic (exact) mass is 466 g/mol. The molecule has 33 heavy (non-hydrogen) atoms. The Kier molecular flexibility index (Phi) is 7.76. The maximum atomic E-state index is 13.5. The molecule has 174 valence electrons. The zero-order chi connectivity index (χ0) is 24.0. The van der Waals surface area contributed by atoms with E-state index in [2.05, 4.69) is 19.2 Å². The molecule has 0 atom stereocenters. The van der Waals surface area contributed by atoms with Crippen molar-refractivity contribution < 1.29 is 17.9 Å². The predicted molar refractivity (Wildman–Crippen MR) is 132 cm³/mol. The summed E-state index contributed by atoms with van der Waals surface area (Å²) in [5, 5.41) is 2.78. The first-order chi connectivity index (χ1) is 15.7. The lowest BCUT2D eigenvalue weighted by molar-refractivity contribution is -0.114. The van der Waals surface area contributed by atoms with Gasteiger partial charge in [-0.3, -0.25) is 9.10 Å². The molecule has 0 saturated carbocycles. The van der Waals surface area contributed by atoms with Crippen LogP contribution in [0.25, 0.3) is 0 Å². The van der Waals surface area contributed by atoms with Crippen molar-refractivity contribution in [2.24, 2.45) is 0 Å². The van der Waals surface area contributed by atoms with E-state index >= 15 is 0 Å². The first-order valence-corrected chi connectivity index (χ1v) is 12.4. The van der Waals surface area contributed by atoms with Gasteiger partial charge in [-0.25, -0.2) is 8.42 Å². The van der Waals surface area contributed by atoms with E-state index in [4.69, 9.17) is 4.74 Å². The molecule has 0 unspecified atom stereocenters. The maximum Gasteiger partial charge on any atom is 0.264 e. The van der Waals surface area contributed by atoms with E-state index in [9.17, 15) is 13.2 Å². The zero-order valence-electron chi connectivity index (χ0n) is 19.4. The van der Waals surface area contributed by atoms with Gasteiger partial charge in [-0.1, -0.05) is 49.7 Å². The summed E-state index contributed by atoms with van der Waals surface area (Å²) in [4.78, 5) is 13.0. The summed E-state index contributed by atoms with van der Waals surface area (Å²) >= 11 is 0. The van der Waals surface area contributed by atoms with E-state index in [1.54, 1.807) is 60.7 Å². The molecule has 0 fully saturated rings. The SMILES string of the molecule is CCOc1cccc(NC(=O)CN(c2ccc(C(C)C)cc2)S(=O)(=O)c2ccc(C)cc2)c1. The molecule has 0 aliphatic rings. The molecule has 3 rings (SSSR count). The Morgan fingerprint density at radius 3 is 2.27 bits per heavy atom. The highest BCUT2D eigenvalue weighted by Gasteiger charge is 2.27. The smallest absolute Gasteiger partial charge is 0.264 e. The topological polar surface area (TPSA) is 75.7 Å². The van der Waals surface area contributed by atoms with Crippen molar-refractivity contribution >= 4 is 27.3 Å². The highest BCUT2D eigenvalue weighted by molar-refractivity contribution is 7.92. The normalized spacial score (nSPS) is 11.3. The number of nitrogens with zero attached hydrogens (tertiary/aromatic N) is 1. The van der Waals surface area contributed by atoms with E-state index < -0.39 is 15.9 Å². The molecule has 1 amide bonds. The van der Waals surface area contributed by atoms with Gasteiger partial charge in [0.05, 0.1) is 17.2 Å². The van der Waals surface area contributed by atoms with Gasteiger partial charge in [-0.05, 0) is 61.7 Å². The van der Waals surface area contributed by atoms with Gasteiger partial charge >= 0.3 is 0 Å². The first kappa shape index (κ1) is 24.3. The number of sulfonamides is 1. The first-order valence-electron chi connectivity index (χ1n) is 10.9. The largest absolute Gasteiger partial charge is 0.494 e. The Morgan fingerprint density at radius 2 is 1.67 bits per heavy atom. The van der Waals surface area contributed by atoms with Crippen LogP contribution >= 0.6 is 0 Å². The lowest BCUT2D eigenvalue weighted by Gasteiger charge is -2.24. The van der Waals surface area contributed by atoms with Crippen LogP contribution in [-0.2, 0) is 14.8 Å². The molecule has 0 bridgehead atoms. The molecule has 3 aromatic carbocycles. The molecule has 0 heterocycles. The molecule has 0 spiro atoms. The van der Waals surface area contributed by atoms with Crippen LogP contribution in [0.15, 0.2) is 77.7 Å². The summed E-state index contributed by atoms with van der Waals surface area (Å²) in [6.45, 7) is 8.05. The van der Waals surface area contributed by atoms with E-state index in [1.807, 2.05) is 26.0 Å². The number of anilines is 2. The lowest BCUT2D eigenvalue weighted by Crippen LogP contribution is -2.38. The average molecular weight is 467 g/mol. The van der Waals surface area contributed by atoms with Crippen LogP contribution < -0.4 is 14.4 Å². The van der Waals surface area contributed by atoms with Crippen molar-refractivity contribution in [3.63, 3.8) is 0 Å². The minimum atomic E-state index is -3.96. The lowest BCUT2D eigenvalue weighted by atomic mass is 10.0. The molecule has 6 nitrogen and oxygen atoms in total. The zero-order valence-corrected chi connectivity index (χ0v) is 20.2. The van der Waals surface area contributed by atoms with Crippen LogP contribution in [0.2, 0.25) is 0 Å². The van der Waals surface area contributed by atoms with Crippen LogP contribution in [0, 0.1) is 6.92 Å². The van der Waals surface area contributed by atoms with Crippen molar-refractivity contribution in [1.82, 2.24) is 0 Å². The Bertz CT molecular complexity index is 1190. The number of hydrogen-bond acceptors (Lipinski definition) is 4. The van der Waals surface area contributed by atoms with Gasteiger partial charge in [0, 0.05) is 11.8 Å². The number of carbonyl (C=O) groups excluding carboxylic acids is 1. The van der Waals surface area contributed by atoms with Crippen molar-refractivity contribution in [1.29, 1.82) is 0 Å². The Hall–Kier alpha value is -3.32. The minimum Gasteiger partial charge on any atom is -0.494 e. The van der Waals surface area contributed by atoms with Gasteiger partial charge in [-0.15, -0.1) is 0 Å². The maximum absolute atomic E-state index is 13.5. The van der Waals surface area contributed by atoms with Gasteiger partial charge in [0.15, 0.2) is 0 Å². The molecule has 0 aliphatic heterocycles. The van der Waals surface area contributed by atoms with Gasteiger partial charge in [-0.2, -0.15) is 0 Å². The van der Waals surface area contributed by atoms with Crippen LogP contribution in [-0.4, -0.2) is 27.5 Å². The molecular formula is C26H30N2O4S. The molecule has 0 radical (unpaired) electrons. The number of aryl methyl sites for hydroxylation is 1. The average Bonchev–Trinajstić information content (AvgIpc) is 2.78. The third-order valence-electron chi connectivity index (χ3n) is 5.17. The number of carbonyl (C=O) groups is 1. The van der Waals surface area contributed by atoms with E-state index in [0.29, 0.717) is 29.6 Å². The van der Waals surface area contributed by atoms with Crippen molar-refractivity contribution in [2.75, 3.05) is 22.8 Å². The molecule has 1 N–H and O–H groups in total. The highest BCUT2D eigenvalue weighted by atomic mass is 32.2. The molecule has 7 heteroatoms. The Labute approximate surface area is 196 Å². The number of hydrogen-bond donors (Lipinski definition) is 1. The fraction of sp³-hybridized carbons (Fsp3) is 0.269. The van der Waals surface area contributed by atoms with E-state index in [0.717, 1.165) is 15.4 Å². The second kappa shape index (κ2) is 10.5. The Morgan fingerprint density at radius 1 is 1.00 bits per heavy atom. The van der Waals surface area contributed by atoms with Gasteiger partial charge in [0.25, 0.3) is 10.0 Å². The molecule has 3 aromatic rings. The standard InChI is InChI=1S/C26H30N2O4S/c1-5-32-24-8-6-7-22(17-24)27-26(29)18-28(23-13-11-21(12-14-23)19(2)3)33(30,31)25-15-9-20(4)10-16-25/h6-17,19H,5,18H2,1-4H3,(H,27,29). The summed E-state index contributed by atoms with van der Waals surface area (Å²) in [6.07, 6.45) is 0. The highest BCUT2D eigenvalue weighted by Crippen LogP contribution is 2.26. The quantitative estimate of drug-likeness (QED) is 0.461. The molecule has 0 saturated heterocycles. The van der Waals surface area contributed by atoms with E-state index in [1.165, 1.54) is 0 Å². The summed E-state index contributed by atoms with van der Waals surface area (Å²) in [7, 11) is -3.96. The van der Waals surface area contributed by atoms with Crippen molar-refractivity contribution in [2.45, 2.75) is 38.5 Å². The second-order valence-electron chi connectivity index (χ2n) is 8.08. The van der Waals surface area contributed by atoms with Gasteiger partial charge in [0.2, 0.25) is 5.91 Å². The minimum absolute atomic E-state index is 0.132. The summed E-state index contributed by atoms with van der Waals surface area (Å²) in [6, 6.07) is 20.9. The summed E-state index contributed by atoms with van der Waals surface area (Å²) in [5.74, 6) is 0.484.